The van der Waals surface area contributed by atoms with E-state index < -0.39 is 11.4 Å². The van der Waals surface area contributed by atoms with E-state index in [-0.39, 0.29) is 50.8 Å². The molecule has 190 valence electrons. The van der Waals surface area contributed by atoms with Gasteiger partial charge in [0, 0.05) is 5.92 Å². The van der Waals surface area contributed by atoms with E-state index in [9.17, 15) is 19.8 Å². The summed E-state index contributed by atoms with van der Waals surface area (Å²) in [5.41, 5.74) is 0.142. The van der Waals surface area contributed by atoms with E-state index in [0.717, 1.165) is 51.4 Å². The summed E-state index contributed by atoms with van der Waals surface area (Å²) >= 11 is 0. The Hall–Kier alpha value is -1.16. The first-order chi connectivity index (χ1) is 15.6. The number of rotatable bonds is 1. The van der Waals surface area contributed by atoms with Crippen LogP contribution in [0.1, 0.15) is 106 Å². The Labute approximate surface area is 206 Å². The normalized spacial score (nSPS) is 54.1. The summed E-state index contributed by atoms with van der Waals surface area (Å²) in [4.78, 5) is 26.4. The predicted molar refractivity (Wildman–Crippen MR) is 133 cm³/mol. The number of hydrogen-bond donors (Lipinski definition) is 2. The maximum atomic E-state index is 14.2. The number of hydrogen-bond acceptors (Lipinski definition) is 3. The van der Waals surface area contributed by atoms with Crippen molar-refractivity contribution in [3.05, 3.63) is 11.6 Å². The molecule has 5 aliphatic rings. The average Bonchev–Trinajstić information content (AvgIpc) is 2.73. The van der Waals surface area contributed by atoms with Gasteiger partial charge in [-0.05, 0) is 110 Å². The third kappa shape index (κ3) is 2.81. The van der Waals surface area contributed by atoms with Crippen molar-refractivity contribution < 1.29 is 19.8 Å². The molecule has 0 aromatic heterocycles. The lowest BCUT2D eigenvalue weighted by molar-refractivity contribution is -0.202. The molecule has 4 saturated carbocycles. The summed E-state index contributed by atoms with van der Waals surface area (Å²) in [5, 5.41) is 20.9. The predicted octanol–water partition coefficient (Wildman–Crippen LogP) is 6.41. The molecule has 0 amide bonds. The van der Waals surface area contributed by atoms with Crippen LogP contribution in [0.3, 0.4) is 0 Å². The minimum absolute atomic E-state index is 0.0296. The number of carboxylic acids is 1. The molecule has 4 fully saturated rings. The van der Waals surface area contributed by atoms with Crippen molar-refractivity contribution in [1.82, 2.24) is 0 Å². The lowest BCUT2D eigenvalue weighted by atomic mass is 9.33. The molecule has 0 aromatic carbocycles. The van der Waals surface area contributed by atoms with E-state index in [4.69, 9.17) is 0 Å². The van der Waals surface area contributed by atoms with Crippen molar-refractivity contribution in [3.8, 4) is 0 Å². The number of carbonyl (C=O) groups is 2. The lowest BCUT2D eigenvalue weighted by Crippen LogP contribution is -2.66. The van der Waals surface area contributed by atoms with Gasteiger partial charge in [0.25, 0.3) is 0 Å². The highest BCUT2D eigenvalue weighted by Crippen LogP contribution is 2.75. The fourth-order valence-corrected chi connectivity index (χ4v) is 10.4. The lowest BCUT2D eigenvalue weighted by Gasteiger charge is -2.70. The van der Waals surface area contributed by atoms with Gasteiger partial charge in [-0.15, -0.1) is 0 Å². The molecule has 4 nitrogen and oxygen atoms in total. The van der Waals surface area contributed by atoms with Crippen LogP contribution in [0.25, 0.3) is 0 Å². The van der Waals surface area contributed by atoms with Crippen molar-refractivity contribution in [2.45, 2.75) is 112 Å². The number of carboxylic acid groups (broad SMARTS) is 1. The number of fused-ring (bicyclic) bond motifs is 7. The summed E-state index contributed by atoms with van der Waals surface area (Å²) in [6, 6.07) is 0. The fourth-order valence-electron chi connectivity index (χ4n) is 10.4. The van der Waals surface area contributed by atoms with Crippen molar-refractivity contribution in [2.75, 3.05) is 0 Å². The van der Waals surface area contributed by atoms with Gasteiger partial charge in [0.05, 0.1) is 11.5 Å². The van der Waals surface area contributed by atoms with Crippen LogP contribution in [-0.4, -0.2) is 28.1 Å². The molecule has 34 heavy (non-hydrogen) atoms. The second-order valence-electron chi connectivity index (χ2n) is 14.9. The molecule has 0 spiro atoms. The quantitative estimate of drug-likeness (QED) is 0.464. The van der Waals surface area contributed by atoms with Crippen LogP contribution in [-0.2, 0) is 9.59 Å². The minimum Gasteiger partial charge on any atom is -0.481 e. The van der Waals surface area contributed by atoms with Gasteiger partial charge in [-0.2, -0.15) is 0 Å². The van der Waals surface area contributed by atoms with Crippen molar-refractivity contribution in [2.24, 2.45) is 50.2 Å². The highest BCUT2D eigenvalue weighted by Gasteiger charge is 2.70. The van der Waals surface area contributed by atoms with Crippen molar-refractivity contribution in [1.29, 1.82) is 0 Å². The molecule has 4 heteroatoms. The van der Waals surface area contributed by atoms with Crippen LogP contribution < -0.4 is 0 Å². The average molecular weight is 471 g/mol. The van der Waals surface area contributed by atoms with E-state index in [2.05, 4.69) is 41.5 Å². The first-order valence-electron chi connectivity index (χ1n) is 13.7. The number of aliphatic hydroxyl groups is 1. The van der Waals surface area contributed by atoms with Gasteiger partial charge in [0.1, 0.15) is 0 Å². The molecular weight excluding hydrogens is 424 g/mol. The Kier molecular flexibility index (Phi) is 5.04. The zero-order chi connectivity index (χ0) is 25.1. The Balaban J connectivity index is 1.62. The SMILES string of the molecule is CC1(C)C2CC[C@]3(C)C(C(=O)C=C4[C@H]5C[C@@](C)(C(=O)O)CC[C@]5(C)CC[C@]43C)[C@@]2(C)CC[C@@H]1O. The zero-order valence-corrected chi connectivity index (χ0v) is 22.5. The van der Waals surface area contributed by atoms with E-state index in [1.54, 1.807) is 0 Å². The first kappa shape index (κ1) is 24.5. The Morgan fingerprint density at radius 3 is 2.21 bits per heavy atom. The maximum absolute atomic E-state index is 14.2. The molecule has 2 N–H and O–H groups in total. The van der Waals surface area contributed by atoms with Gasteiger partial charge in [-0.3, -0.25) is 9.59 Å². The molecule has 0 aromatic rings. The Bertz CT molecular complexity index is 965. The number of carbonyl (C=O) groups excluding carboxylic acids is 1. The van der Waals surface area contributed by atoms with E-state index in [1.165, 1.54) is 5.57 Å². The first-order valence-corrected chi connectivity index (χ1v) is 13.7. The van der Waals surface area contributed by atoms with E-state index in [0.29, 0.717) is 12.3 Å². The van der Waals surface area contributed by atoms with Crippen LogP contribution in [0.2, 0.25) is 0 Å². The molecule has 0 radical (unpaired) electrons. The van der Waals surface area contributed by atoms with Crippen LogP contribution in [0.4, 0.5) is 0 Å². The summed E-state index contributed by atoms with van der Waals surface area (Å²) in [6.07, 6.45) is 9.95. The summed E-state index contributed by atoms with van der Waals surface area (Å²) < 4.78 is 0. The molecular formula is C30H46O4. The van der Waals surface area contributed by atoms with Crippen LogP contribution >= 0.6 is 0 Å². The van der Waals surface area contributed by atoms with Crippen molar-refractivity contribution >= 4 is 11.8 Å². The summed E-state index contributed by atoms with van der Waals surface area (Å²) in [7, 11) is 0. The number of aliphatic carboxylic acids is 1. The molecule has 5 rings (SSSR count). The molecule has 0 aliphatic heterocycles. The summed E-state index contributed by atoms with van der Waals surface area (Å²) in [6.45, 7) is 15.8. The monoisotopic (exact) mass is 470 g/mol. The third-order valence-electron chi connectivity index (χ3n) is 13.1. The highest BCUT2D eigenvalue weighted by molar-refractivity contribution is 5.95. The minimum atomic E-state index is -0.711. The Morgan fingerprint density at radius 2 is 1.56 bits per heavy atom. The second kappa shape index (κ2) is 6.99. The van der Waals surface area contributed by atoms with Gasteiger partial charge in [-0.25, -0.2) is 0 Å². The third-order valence-corrected chi connectivity index (χ3v) is 13.1. The number of allylic oxidation sites excluding steroid dienone is 2. The van der Waals surface area contributed by atoms with Gasteiger partial charge in [0.15, 0.2) is 5.78 Å². The largest absolute Gasteiger partial charge is 0.481 e. The molecule has 5 aliphatic carbocycles. The topological polar surface area (TPSA) is 74.6 Å². The molecule has 2 unspecified atom stereocenters. The van der Waals surface area contributed by atoms with E-state index in [1.807, 2.05) is 13.0 Å². The standard InChI is InChI=1S/C30H46O4/c1-25(2)21-8-11-30(7)23(28(21,5)10-9-22(25)32)20(31)16-18-19-17-27(4,24(33)34)13-12-26(19,3)14-15-29(18,30)6/h16,19,21-23,32H,8-15,17H2,1-7H3,(H,33,34)/t19-,21?,22+,23?,26-,27+,28+,29-,30-/m1/s1. The number of ketones is 1. The van der Waals surface area contributed by atoms with Gasteiger partial charge >= 0.3 is 5.97 Å². The van der Waals surface area contributed by atoms with Crippen molar-refractivity contribution in [3.63, 3.8) is 0 Å². The van der Waals surface area contributed by atoms with Gasteiger partial charge in [-0.1, -0.05) is 47.1 Å². The Morgan fingerprint density at radius 1 is 0.912 bits per heavy atom. The van der Waals surface area contributed by atoms with Gasteiger partial charge < -0.3 is 10.2 Å². The molecule has 0 heterocycles. The zero-order valence-electron chi connectivity index (χ0n) is 22.5. The highest BCUT2D eigenvalue weighted by atomic mass is 16.4. The second-order valence-corrected chi connectivity index (χ2v) is 14.9. The van der Waals surface area contributed by atoms with Crippen LogP contribution in [0, 0.1) is 50.2 Å². The maximum Gasteiger partial charge on any atom is 0.309 e. The fraction of sp³-hybridized carbons (Fsp3) is 0.867. The van der Waals surface area contributed by atoms with Gasteiger partial charge in [0.2, 0.25) is 0 Å². The molecule has 0 bridgehead atoms. The van der Waals surface area contributed by atoms with Crippen LogP contribution in [0.15, 0.2) is 11.6 Å². The molecule has 9 atom stereocenters. The number of aliphatic hydroxyl groups excluding tert-OH is 1. The summed E-state index contributed by atoms with van der Waals surface area (Å²) in [5.74, 6) is 0.0603. The van der Waals surface area contributed by atoms with E-state index >= 15 is 0 Å². The van der Waals surface area contributed by atoms with Crippen LogP contribution in [0.5, 0.6) is 0 Å². The molecule has 0 saturated heterocycles. The smallest absolute Gasteiger partial charge is 0.309 e.